The first-order valence-electron chi connectivity index (χ1n) is 8.09. The van der Waals surface area contributed by atoms with E-state index in [2.05, 4.69) is 4.98 Å². The molecule has 0 radical (unpaired) electrons. The van der Waals surface area contributed by atoms with E-state index < -0.39 is 5.60 Å². The Hall–Kier alpha value is -2.40. The average Bonchev–Trinajstić information content (AvgIpc) is 2.96. The number of nitrogens with zero attached hydrogens (tertiary/aromatic N) is 2. The Balaban J connectivity index is 1.61. The summed E-state index contributed by atoms with van der Waals surface area (Å²) in [7, 11) is 0. The van der Waals surface area contributed by atoms with E-state index in [4.69, 9.17) is 4.74 Å². The number of ether oxygens (including phenoxy) is 1. The van der Waals surface area contributed by atoms with Crippen molar-refractivity contribution in [2.24, 2.45) is 0 Å². The van der Waals surface area contributed by atoms with Gasteiger partial charge in [0.15, 0.2) is 0 Å². The molecule has 1 aromatic carbocycles. The van der Waals surface area contributed by atoms with E-state index in [0.29, 0.717) is 18.5 Å². The van der Waals surface area contributed by atoms with E-state index in [1.807, 2.05) is 38.1 Å². The van der Waals surface area contributed by atoms with Gasteiger partial charge >= 0.3 is 0 Å². The van der Waals surface area contributed by atoms with Crippen molar-refractivity contribution >= 4 is 5.91 Å². The van der Waals surface area contributed by atoms with E-state index in [0.717, 1.165) is 17.0 Å². The largest absolute Gasteiger partial charge is 0.491 e. The van der Waals surface area contributed by atoms with Crippen LogP contribution in [0.25, 0.3) is 0 Å². The zero-order valence-corrected chi connectivity index (χ0v) is 14.0. The van der Waals surface area contributed by atoms with Crippen LogP contribution in [0.5, 0.6) is 5.75 Å². The Kier molecular flexibility index (Phi) is 4.53. The Bertz CT molecular complexity index is 730. The molecule has 1 amide bonds. The Morgan fingerprint density at radius 1 is 1.29 bits per heavy atom. The van der Waals surface area contributed by atoms with Crippen molar-refractivity contribution in [3.63, 3.8) is 0 Å². The fourth-order valence-electron chi connectivity index (χ4n) is 2.86. The maximum atomic E-state index is 12.5. The Morgan fingerprint density at radius 3 is 2.75 bits per heavy atom. The van der Waals surface area contributed by atoms with Crippen molar-refractivity contribution in [3.8, 4) is 5.75 Å². The first kappa shape index (κ1) is 16.5. The summed E-state index contributed by atoms with van der Waals surface area (Å²) in [6, 6.07) is 11.2. The van der Waals surface area contributed by atoms with Gasteiger partial charge in [-0.25, -0.2) is 0 Å². The highest BCUT2D eigenvalue weighted by molar-refractivity contribution is 5.94. The minimum Gasteiger partial charge on any atom is -0.491 e. The maximum absolute atomic E-state index is 12.5. The second-order valence-electron chi connectivity index (χ2n) is 6.49. The second-order valence-corrected chi connectivity index (χ2v) is 6.49. The van der Waals surface area contributed by atoms with E-state index in [1.165, 1.54) is 0 Å². The number of aryl methyl sites for hydroxylation is 2. The SMILES string of the molecule is Cc1ccc(OC[C@]2(O)CCN(C(=O)c3ccnc(C)c3)C2)cc1. The van der Waals surface area contributed by atoms with Gasteiger partial charge in [0.05, 0.1) is 6.54 Å². The number of β-amino-alcohol motifs (C(OH)–C–C–N with tert-alkyl or cyclic N) is 1. The lowest BCUT2D eigenvalue weighted by Crippen LogP contribution is -2.40. The highest BCUT2D eigenvalue weighted by Gasteiger charge is 2.39. The molecular weight excluding hydrogens is 304 g/mol. The third kappa shape index (κ3) is 3.74. The number of aromatic nitrogens is 1. The third-order valence-corrected chi connectivity index (χ3v) is 4.29. The van der Waals surface area contributed by atoms with Crippen LogP contribution in [0.1, 0.15) is 28.0 Å². The molecule has 2 heterocycles. The molecular formula is C19H22N2O3. The van der Waals surface area contributed by atoms with Gasteiger partial charge in [-0.3, -0.25) is 9.78 Å². The lowest BCUT2D eigenvalue weighted by molar-refractivity contribution is 0.00430. The molecule has 0 bridgehead atoms. The van der Waals surface area contributed by atoms with Gasteiger partial charge < -0.3 is 14.7 Å². The van der Waals surface area contributed by atoms with Gasteiger partial charge in [-0.15, -0.1) is 0 Å². The molecule has 0 saturated carbocycles. The number of amides is 1. The molecule has 1 aromatic heterocycles. The molecule has 126 valence electrons. The number of hydrogen-bond donors (Lipinski definition) is 1. The summed E-state index contributed by atoms with van der Waals surface area (Å²) in [5.74, 6) is 0.648. The summed E-state index contributed by atoms with van der Waals surface area (Å²) < 4.78 is 5.70. The third-order valence-electron chi connectivity index (χ3n) is 4.29. The molecule has 3 rings (SSSR count). The van der Waals surface area contributed by atoms with Gasteiger partial charge in [0.25, 0.3) is 5.91 Å². The smallest absolute Gasteiger partial charge is 0.254 e. The summed E-state index contributed by atoms with van der Waals surface area (Å²) >= 11 is 0. The van der Waals surface area contributed by atoms with Gasteiger partial charge in [0, 0.05) is 24.0 Å². The van der Waals surface area contributed by atoms with Crippen LogP contribution in [-0.4, -0.2) is 46.2 Å². The first-order valence-corrected chi connectivity index (χ1v) is 8.09. The zero-order valence-electron chi connectivity index (χ0n) is 14.0. The summed E-state index contributed by atoms with van der Waals surface area (Å²) in [6.07, 6.45) is 2.14. The summed E-state index contributed by atoms with van der Waals surface area (Å²) in [5, 5.41) is 10.7. The molecule has 2 aromatic rings. The van der Waals surface area contributed by atoms with Crippen LogP contribution in [0.4, 0.5) is 0 Å². The molecule has 1 aliphatic rings. The number of carbonyl (C=O) groups excluding carboxylic acids is 1. The lowest BCUT2D eigenvalue weighted by atomic mass is 10.1. The lowest BCUT2D eigenvalue weighted by Gasteiger charge is -2.23. The van der Waals surface area contributed by atoms with Crippen LogP contribution in [0, 0.1) is 13.8 Å². The summed E-state index contributed by atoms with van der Waals surface area (Å²) in [4.78, 5) is 18.3. The predicted octanol–water partition coefficient (Wildman–Crippen LogP) is 2.35. The molecule has 1 aliphatic heterocycles. The van der Waals surface area contributed by atoms with Gasteiger partial charge in [-0.05, 0) is 44.5 Å². The molecule has 1 fully saturated rings. The van der Waals surface area contributed by atoms with Crippen LogP contribution in [0.2, 0.25) is 0 Å². The predicted molar refractivity (Wildman–Crippen MR) is 91.1 cm³/mol. The number of hydrogen-bond acceptors (Lipinski definition) is 4. The number of pyridine rings is 1. The van der Waals surface area contributed by atoms with Gasteiger partial charge in [-0.2, -0.15) is 0 Å². The second kappa shape index (κ2) is 6.61. The van der Waals surface area contributed by atoms with E-state index in [-0.39, 0.29) is 19.1 Å². The van der Waals surface area contributed by atoms with Gasteiger partial charge in [-0.1, -0.05) is 17.7 Å². The quantitative estimate of drug-likeness (QED) is 0.937. The molecule has 1 atom stereocenters. The number of benzene rings is 1. The van der Waals surface area contributed by atoms with Crippen LogP contribution in [0.3, 0.4) is 0 Å². The minimum atomic E-state index is -1.01. The molecule has 0 unspecified atom stereocenters. The Morgan fingerprint density at radius 2 is 2.04 bits per heavy atom. The van der Waals surface area contributed by atoms with Crippen molar-refractivity contribution in [2.45, 2.75) is 25.9 Å². The van der Waals surface area contributed by atoms with Crippen LogP contribution in [0.15, 0.2) is 42.6 Å². The van der Waals surface area contributed by atoms with Gasteiger partial charge in [0.2, 0.25) is 0 Å². The monoisotopic (exact) mass is 326 g/mol. The fourth-order valence-corrected chi connectivity index (χ4v) is 2.86. The summed E-state index contributed by atoms with van der Waals surface area (Å²) in [6.45, 7) is 4.84. The van der Waals surface area contributed by atoms with E-state index in [1.54, 1.807) is 23.2 Å². The normalized spacial score (nSPS) is 20.2. The molecule has 1 N–H and O–H groups in total. The van der Waals surface area contributed by atoms with Crippen molar-refractivity contribution in [3.05, 3.63) is 59.4 Å². The van der Waals surface area contributed by atoms with Crippen molar-refractivity contribution in [2.75, 3.05) is 19.7 Å². The van der Waals surface area contributed by atoms with E-state index in [9.17, 15) is 9.90 Å². The first-order chi connectivity index (χ1) is 11.5. The molecule has 5 nitrogen and oxygen atoms in total. The van der Waals surface area contributed by atoms with Crippen LogP contribution < -0.4 is 4.74 Å². The molecule has 0 aliphatic carbocycles. The zero-order chi connectivity index (χ0) is 17.2. The van der Waals surface area contributed by atoms with Crippen molar-refractivity contribution < 1.29 is 14.6 Å². The summed E-state index contributed by atoms with van der Waals surface area (Å²) in [5.41, 5.74) is 1.55. The van der Waals surface area contributed by atoms with E-state index >= 15 is 0 Å². The van der Waals surface area contributed by atoms with Crippen molar-refractivity contribution in [1.29, 1.82) is 0 Å². The fraction of sp³-hybridized carbons (Fsp3) is 0.368. The Labute approximate surface area is 141 Å². The molecule has 24 heavy (non-hydrogen) atoms. The minimum absolute atomic E-state index is 0.0771. The highest BCUT2D eigenvalue weighted by Crippen LogP contribution is 2.24. The standard InChI is InChI=1S/C19H22N2O3/c1-14-3-5-17(6-4-14)24-13-19(23)8-10-21(12-19)18(22)16-7-9-20-15(2)11-16/h3-7,9,11,23H,8,10,12-13H2,1-2H3/t19-/m0/s1. The topological polar surface area (TPSA) is 62.7 Å². The average molecular weight is 326 g/mol. The number of rotatable bonds is 4. The molecule has 0 spiro atoms. The molecule has 5 heteroatoms. The van der Waals surface area contributed by atoms with Crippen LogP contribution >= 0.6 is 0 Å². The number of carbonyl (C=O) groups is 1. The van der Waals surface area contributed by atoms with Gasteiger partial charge in [0.1, 0.15) is 18.0 Å². The molecule has 1 saturated heterocycles. The number of aliphatic hydroxyl groups is 1. The van der Waals surface area contributed by atoms with Crippen molar-refractivity contribution in [1.82, 2.24) is 9.88 Å². The van der Waals surface area contributed by atoms with Crippen LogP contribution in [-0.2, 0) is 0 Å². The highest BCUT2D eigenvalue weighted by atomic mass is 16.5. The maximum Gasteiger partial charge on any atom is 0.254 e. The number of likely N-dealkylation sites (tertiary alicyclic amines) is 1.